The first-order valence-corrected chi connectivity index (χ1v) is 8.45. The van der Waals surface area contributed by atoms with Crippen molar-refractivity contribution >= 4 is 23.5 Å². The third-order valence-electron chi connectivity index (χ3n) is 3.94. The minimum absolute atomic E-state index is 0.188. The van der Waals surface area contributed by atoms with E-state index in [0.717, 1.165) is 11.1 Å². The van der Waals surface area contributed by atoms with E-state index >= 15 is 0 Å². The molecule has 0 saturated carbocycles. The highest BCUT2D eigenvalue weighted by Crippen LogP contribution is 2.41. The van der Waals surface area contributed by atoms with Gasteiger partial charge in [-0.3, -0.25) is 4.90 Å². The fourth-order valence-electron chi connectivity index (χ4n) is 2.83. The van der Waals surface area contributed by atoms with E-state index in [4.69, 9.17) is 16.3 Å². The van der Waals surface area contributed by atoms with Crippen molar-refractivity contribution in [3.8, 4) is 11.3 Å². The molecular formula is C18H21ClN4O2. The van der Waals surface area contributed by atoms with Crippen LogP contribution < -0.4 is 4.90 Å². The van der Waals surface area contributed by atoms with Gasteiger partial charge in [0, 0.05) is 35.5 Å². The van der Waals surface area contributed by atoms with Gasteiger partial charge in [0.15, 0.2) is 0 Å². The zero-order chi connectivity index (χ0) is 18.4. The van der Waals surface area contributed by atoms with Crippen LogP contribution >= 0.6 is 11.6 Å². The normalized spacial score (nSPS) is 15.8. The molecule has 0 saturated heterocycles. The Kier molecular flexibility index (Phi) is 4.19. The average molecular weight is 361 g/mol. The Labute approximate surface area is 152 Å². The molecule has 2 aromatic heterocycles. The molecule has 6 nitrogen and oxygen atoms in total. The van der Waals surface area contributed by atoms with Gasteiger partial charge in [0.05, 0.1) is 5.69 Å². The maximum absolute atomic E-state index is 12.5. The molecule has 0 aromatic carbocycles. The highest BCUT2D eigenvalue weighted by atomic mass is 35.5. The number of rotatable bonds is 1. The third-order valence-corrected chi connectivity index (χ3v) is 4.12. The number of aromatic nitrogens is 3. The molecule has 3 heterocycles. The SMILES string of the molecule is CC(C)(C)OC(=O)N1CC(C)(C)c2cc(-c3ccnc(Cl)n3)cnc21. The molecule has 0 fully saturated rings. The predicted octanol–water partition coefficient (Wildman–Crippen LogP) is 4.22. The Morgan fingerprint density at radius 3 is 2.68 bits per heavy atom. The zero-order valence-corrected chi connectivity index (χ0v) is 15.8. The lowest BCUT2D eigenvalue weighted by Gasteiger charge is -2.25. The third kappa shape index (κ3) is 3.58. The van der Waals surface area contributed by atoms with Gasteiger partial charge < -0.3 is 4.74 Å². The standard InChI is InChI=1S/C18H21ClN4O2/c1-17(2,3)25-16(24)23-10-18(4,5)12-8-11(9-21-14(12)23)13-6-7-20-15(19)22-13/h6-9H,10H2,1-5H3. The summed E-state index contributed by atoms with van der Waals surface area (Å²) in [4.78, 5) is 26.8. The first-order valence-electron chi connectivity index (χ1n) is 8.07. The number of anilines is 1. The maximum atomic E-state index is 12.5. The first kappa shape index (κ1) is 17.6. The zero-order valence-electron chi connectivity index (χ0n) is 15.0. The van der Waals surface area contributed by atoms with Gasteiger partial charge in [-0.25, -0.2) is 19.7 Å². The molecule has 3 rings (SSSR count). The molecule has 1 aliphatic heterocycles. The van der Waals surface area contributed by atoms with E-state index in [2.05, 4.69) is 28.8 Å². The lowest BCUT2D eigenvalue weighted by molar-refractivity contribution is 0.0578. The summed E-state index contributed by atoms with van der Waals surface area (Å²) in [6.45, 7) is 10.2. The van der Waals surface area contributed by atoms with Crippen molar-refractivity contribution in [1.82, 2.24) is 15.0 Å². The fraction of sp³-hybridized carbons (Fsp3) is 0.444. The van der Waals surface area contributed by atoms with Crippen LogP contribution in [0.15, 0.2) is 24.5 Å². The monoisotopic (exact) mass is 360 g/mol. The van der Waals surface area contributed by atoms with Crippen LogP contribution in [0.2, 0.25) is 5.28 Å². The summed E-state index contributed by atoms with van der Waals surface area (Å²) in [5, 5.41) is 0.188. The second kappa shape index (κ2) is 5.95. The first-order chi connectivity index (χ1) is 11.6. The number of fused-ring (bicyclic) bond motifs is 1. The minimum Gasteiger partial charge on any atom is -0.443 e. The summed E-state index contributed by atoms with van der Waals surface area (Å²) < 4.78 is 5.51. The van der Waals surface area contributed by atoms with Crippen LogP contribution in [0.4, 0.5) is 10.6 Å². The number of halogens is 1. The van der Waals surface area contributed by atoms with Crippen LogP contribution in [0.25, 0.3) is 11.3 Å². The molecule has 0 spiro atoms. The summed E-state index contributed by atoms with van der Waals surface area (Å²) in [5.41, 5.74) is 1.71. The van der Waals surface area contributed by atoms with Crippen LogP contribution in [0.1, 0.15) is 40.2 Å². The number of hydrogen-bond donors (Lipinski definition) is 0. The van der Waals surface area contributed by atoms with E-state index in [-0.39, 0.29) is 16.8 Å². The van der Waals surface area contributed by atoms with Gasteiger partial charge in [0.1, 0.15) is 11.4 Å². The van der Waals surface area contributed by atoms with Crippen LogP contribution in [0.3, 0.4) is 0 Å². The van der Waals surface area contributed by atoms with Crippen molar-refractivity contribution in [3.05, 3.63) is 35.4 Å². The van der Waals surface area contributed by atoms with E-state index in [1.807, 2.05) is 26.8 Å². The van der Waals surface area contributed by atoms with Crippen molar-refractivity contribution in [2.45, 2.75) is 45.6 Å². The molecule has 1 amide bonds. The Bertz CT molecular complexity index is 830. The molecule has 2 aromatic rings. The van der Waals surface area contributed by atoms with Gasteiger partial charge in [-0.2, -0.15) is 0 Å². The quantitative estimate of drug-likeness (QED) is 0.712. The number of carbonyl (C=O) groups is 1. The van der Waals surface area contributed by atoms with Crippen molar-refractivity contribution in [2.75, 3.05) is 11.4 Å². The van der Waals surface area contributed by atoms with Crippen LogP contribution in [0, 0.1) is 0 Å². The van der Waals surface area contributed by atoms with Crippen LogP contribution in [0.5, 0.6) is 0 Å². The maximum Gasteiger partial charge on any atom is 0.416 e. The van der Waals surface area contributed by atoms with Gasteiger partial charge in [-0.15, -0.1) is 0 Å². The predicted molar refractivity (Wildman–Crippen MR) is 96.9 cm³/mol. The molecule has 0 atom stereocenters. The van der Waals surface area contributed by atoms with Crippen LogP contribution in [-0.4, -0.2) is 33.2 Å². The second-order valence-corrected chi connectivity index (χ2v) is 8.09. The van der Waals surface area contributed by atoms with Crippen LogP contribution in [-0.2, 0) is 10.2 Å². The van der Waals surface area contributed by atoms with E-state index in [1.165, 1.54) is 0 Å². The summed E-state index contributed by atoms with van der Waals surface area (Å²) in [6, 6.07) is 3.79. The van der Waals surface area contributed by atoms with Gasteiger partial charge >= 0.3 is 6.09 Å². The Hall–Kier alpha value is -2.21. The van der Waals surface area contributed by atoms with Gasteiger partial charge in [0.2, 0.25) is 5.28 Å². The molecule has 1 aliphatic rings. The highest BCUT2D eigenvalue weighted by molar-refractivity contribution is 6.28. The minimum atomic E-state index is -0.554. The van der Waals surface area contributed by atoms with E-state index in [1.54, 1.807) is 23.4 Å². The van der Waals surface area contributed by atoms with E-state index in [0.29, 0.717) is 18.1 Å². The number of ether oxygens (including phenoxy) is 1. The number of amides is 1. The summed E-state index contributed by atoms with van der Waals surface area (Å²) in [7, 11) is 0. The number of nitrogens with zero attached hydrogens (tertiary/aromatic N) is 4. The molecule has 0 N–H and O–H groups in total. The molecule has 0 bridgehead atoms. The second-order valence-electron chi connectivity index (χ2n) is 7.76. The van der Waals surface area contributed by atoms with Gasteiger partial charge in [0.25, 0.3) is 0 Å². The topological polar surface area (TPSA) is 68.2 Å². The molecule has 7 heteroatoms. The molecule has 0 unspecified atom stereocenters. The smallest absolute Gasteiger partial charge is 0.416 e. The molecular weight excluding hydrogens is 340 g/mol. The van der Waals surface area contributed by atoms with Crippen molar-refractivity contribution in [2.24, 2.45) is 0 Å². The lowest BCUT2D eigenvalue weighted by Crippen LogP contribution is -2.38. The summed E-state index contributed by atoms with van der Waals surface area (Å²) >= 11 is 5.88. The fourth-order valence-corrected chi connectivity index (χ4v) is 2.98. The molecule has 132 valence electrons. The summed E-state index contributed by atoms with van der Waals surface area (Å²) in [5.74, 6) is 0.628. The van der Waals surface area contributed by atoms with Crippen molar-refractivity contribution in [3.63, 3.8) is 0 Å². The van der Waals surface area contributed by atoms with E-state index < -0.39 is 5.60 Å². The Balaban J connectivity index is 2.00. The van der Waals surface area contributed by atoms with E-state index in [9.17, 15) is 4.79 Å². The van der Waals surface area contributed by atoms with Crippen molar-refractivity contribution in [1.29, 1.82) is 0 Å². The number of carbonyl (C=O) groups excluding carboxylic acids is 1. The number of hydrogen-bond acceptors (Lipinski definition) is 5. The summed E-state index contributed by atoms with van der Waals surface area (Å²) in [6.07, 6.45) is 2.91. The highest BCUT2D eigenvalue weighted by Gasteiger charge is 2.41. The Morgan fingerprint density at radius 1 is 1.32 bits per heavy atom. The molecule has 0 aliphatic carbocycles. The number of pyridine rings is 1. The largest absolute Gasteiger partial charge is 0.443 e. The van der Waals surface area contributed by atoms with Crippen molar-refractivity contribution < 1.29 is 9.53 Å². The average Bonchev–Trinajstić information content (AvgIpc) is 2.77. The Morgan fingerprint density at radius 2 is 2.04 bits per heavy atom. The lowest BCUT2D eigenvalue weighted by atomic mass is 9.87. The molecule has 25 heavy (non-hydrogen) atoms. The molecule has 0 radical (unpaired) electrons. The van der Waals surface area contributed by atoms with Gasteiger partial charge in [-0.05, 0) is 44.5 Å². The van der Waals surface area contributed by atoms with Gasteiger partial charge in [-0.1, -0.05) is 13.8 Å².